The van der Waals surface area contributed by atoms with Crippen LogP contribution >= 0.6 is 0 Å². The molecule has 2 aliphatic rings. The van der Waals surface area contributed by atoms with Crippen LogP contribution in [0.2, 0.25) is 0 Å². The van der Waals surface area contributed by atoms with E-state index in [1.54, 1.807) is 6.07 Å². The van der Waals surface area contributed by atoms with Crippen LogP contribution in [0.15, 0.2) is 18.2 Å². The molecule has 2 fully saturated rings. The molecule has 4 rings (SSSR count). The number of hydrogen-bond donors (Lipinski definition) is 2. The number of aromatic amines is 1. The van der Waals surface area contributed by atoms with Gasteiger partial charge in [0, 0.05) is 41.8 Å². The van der Waals surface area contributed by atoms with Crippen molar-refractivity contribution in [2.24, 2.45) is 0 Å². The summed E-state index contributed by atoms with van der Waals surface area (Å²) in [4.78, 5) is 6.15. The predicted octanol–water partition coefficient (Wildman–Crippen LogP) is 2.94. The summed E-state index contributed by atoms with van der Waals surface area (Å²) in [6, 6.07) is 6.37. The fourth-order valence-corrected chi connectivity index (χ4v) is 4.03. The molecule has 1 aromatic carbocycles. The molecule has 4 heteroatoms. The Balaban J connectivity index is 1.66. The zero-order valence-corrected chi connectivity index (χ0v) is 12.5. The molecular formula is C17H22FN3. The first-order valence-electron chi connectivity index (χ1n) is 7.95. The zero-order valence-electron chi connectivity index (χ0n) is 12.5. The maximum atomic E-state index is 13.4. The van der Waals surface area contributed by atoms with Crippen LogP contribution in [0.3, 0.4) is 0 Å². The third-order valence-electron chi connectivity index (χ3n) is 5.27. The summed E-state index contributed by atoms with van der Waals surface area (Å²) in [5.41, 5.74) is 3.49. The Morgan fingerprint density at radius 1 is 1.24 bits per heavy atom. The average molecular weight is 287 g/mol. The van der Waals surface area contributed by atoms with Crippen molar-refractivity contribution in [1.82, 2.24) is 15.2 Å². The van der Waals surface area contributed by atoms with Gasteiger partial charge in [0.1, 0.15) is 5.82 Å². The molecule has 0 radical (unpaired) electrons. The number of H-pyrrole nitrogens is 1. The quantitative estimate of drug-likeness (QED) is 0.890. The molecule has 2 bridgehead atoms. The fourth-order valence-electron chi connectivity index (χ4n) is 4.03. The minimum atomic E-state index is -0.157. The molecule has 21 heavy (non-hydrogen) atoms. The number of nitrogens with zero attached hydrogens (tertiary/aromatic N) is 1. The lowest BCUT2D eigenvalue weighted by atomic mass is 10.1. The summed E-state index contributed by atoms with van der Waals surface area (Å²) in [6.07, 6.45) is 3.86. The van der Waals surface area contributed by atoms with E-state index < -0.39 is 0 Å². The molecular weight excluding hydrogens is 265 g/mol. The summed E-state index contributed by atoms with van der Waals surface area (Å²) < 4.78 is 13.4. The van der Waals surface area contributed by atoms with Crippen molar-refractivity contribution in [2.75, 3.05) is 13.1 Å². The molecule has 112 valence electrons. The van der Waals surface area contributed by atoms with Crippen molar-refractivity contribution in [3.05, 3.63) is 35.3 Å². The van der Waals surface area contributed by atoms with Crippen molar-refractivity contribution in [1.29, 1.82) is 0 Å². The second-order valence-electron chi connectivity index (χ2n) is 6.47. The van der Waals surface area contributed by atoms with Gasteiger partial charge in [-0.15, -0.1) is 0 Å². The van der Waals surface area contributed by atoms with Crippen molar-refractivity contribution < 1.29 is 4.39 Å². The van der Waals surface area contributed by atoms with Crippen LogP contribution in [0.25, 0.3) is 10.9 Å². The average Bonchev–Trinajstić information content (AvgIpc) is 2.88. The molecule has 0 unspecified atom stereocenters. The number of nitrogens with one attached hydrogen (secondary N) is 2. The number of aromatic nitrogens is 1. The second kappa shape index (κ2) is 5.11. The topological polar surface area (TPSA) is 31.1 Å². The Kier molecular flexibility index (Phi) is 3.23. The summed E-state index contributed by atoms with van der Waals surface area (Å²) in [6.45, 7) is 5.30. The molecule has 0 aliphatic carbocycles. The fraction of sp³-hybridized carbons (Fsp3) is 0.529. The highest BCUT2D eigenvalue weighted by molar-refractivity contribution is 5.84. The lowest BCUT2D eigenvalue weighted by Crippen LogP contribution is -2.37. The molecule has 0 amide bonds. The summed E-state index contributed by atoms with van der Waals surface area (Å²) >= 11 is 0. The SMILES string of the molecule is Cc1c(CN2[C@H]3CCNC[C@@H]2CC3)[nH]c2ccc(F)cc12. The van der Waals surface area contributed by atoms with Crippen LogP contribution in [0.4, 0.5) is 4.39 Å². The van der Waals surface area contributed by atoms with Gasteiger partial charge < -0.3 is 10.3 Å². The van der Waals surface area contributed by atoms with E-state index in [0.717, 1.165) is 30.5 Å². The van der Waals surface area contributed by atoms with Gasteiger partial charge in [-0.3, -0.25) is 4.90 Å². The smallest absolute Gasteiger partial charge is 0.123 e. The number of halogens is 1. The van der Waals surface area contributed by atoms with E-state index in [0.29, 0.717) is 12.1 Å². The van der Waals surface area contributed by atoms with Crippen LogP contribution in [0, 0.1) is 12.7 Å². The van der Waals surface area contributed by atoms with E-state index in [9.17, 15) is 4.39 Å². The van der Waals surface area contributed by atoms with Gasteiger partial charge in [-0.2, -0.15) is 0 Å². The van der Waals surface area contributed by atoms with Crippen LogP contribution in [-0.4, -0.2) is 35.1 Å². The summed E-state index contributed by atoms with van der Waals surface area (Å²) in [7, 11) is 0. The minimum Gasteiger partial charge on any atom is -0.357 e. The molecule has 2 N–H and O–H groups in total. The van der Waals surface area contributed by atoms with Crippen molar-refractivity contribution in [3.63, 3.8) is 0 Å². The van der Waals surface area contributed by atoms with E-state index in [1.807, 2.05) is 6.07 Å². The number of benzene rings is 1. The van der Waals surface area contributed by atoms with Gasteiger partial charge in [-0.1, -0.05) is 0 Å². The number of fused-ring (bicyclic) bond motifs is 3. The molecule has 0 spiro atoms. The molecule has 3 nitrogen and oxygen atoms in total. The van der Waals surface area contributed by atoms with Crippen LogP contribution in [-0.2, 0) is 6.54 Å². The maximum Gasteiger partial charge on any atom is 0.123 e. The second-order valence-corrected chi connectivity index (χ2v) is 6.47. The third kappa shape index (κ3) is 2.27. The van der Waals surface area contributed by atoms with Gasteiger partial charge in [0.2, 0.25) is 0 Å². The van der Waals surface area contributed by atoms with E-state index >= 15 is 0 Å². The van der Waals surface area contributed by atoms with Crippen molar-refractivity contribution >= 4 is 10.9 Å². The minimum absolute atomic E-state index is 0.157. The highest BCUT2D eigenvalue weighted by atomic mass is 19.1. The summed E-state index contributed by atoms with van der Waals surface area (Å²) in [5, 5.41) is 4.56. The normalized spacial score (nSPS) is 26.4. The first-order valence-corrected chi connectivity index (χ1v) is 7.95. The predicted molar refractivity (Wildman–Crippen MR) is 82.8 cm³/mol. The first-order chi connectivity index (χ1) is 10.2. The first kappa shape index (κ1) is 13.3. The van der Waals surface area contributed by atoms with Gasteiger partial charge in [-0.05, 0) is 56.5 Å². The Hall–Kier alpha value is -1.39. The number of aryl methyl sites for hydroxylation is 1. The Labute approximate surface area is 124 Å². The van der Waals surface area contributed by atoms with Gasteiger partial charge in [0.05, 0.1) is 0 Å². The molecule has 3 heterocycles. The van der Waals surface area contributed by atoms with Gasteiger partial charge in [0.25, 0.3) is 0 Å². The molecule has 2 atom stereocenters. The molecule has 2 saturated heterocycles. The summed E-state index contributed by atoms with van der Waals surface area (Å²) in [5.74, 6) is -0.157. The van der Waals surface area contributed by atoms with Gasteiger partial charge in [-0.25, -0.2) is 4.39 Å². The standard InChI is InChI=1S/C17H22FN3/c1-11-15-8-12(18)2-5-16(15)20-17(11)10-21-13-3-4-14(21)9-19-7-6-13/h2,5,8,13-14,19-20H,3-4,6-7,9-10H2,1H3/t13-,14+/m1/s1. The third-order valence-corrected chi connectivity index (χ3v) is 5.27. The molecule has 2 aliphatic heterocycles. The highest BCUT2D eigenvalue weighted by Crippen LogP contribution is 2.31. The van der Waals surface area contributed by atoms with E-state index in [2.05, 4.69) is 22.1 Å². The number of hydrogen-bond acceptors (Lipinski definition) is 2. The molecule has 1 aromatic heterocycles. The highest BCUT2D eigenvalue weighted by Gasteiger charge is 2.35. The van der Waals surface area contributed by atoms with Gasteiger partial charge >= 0.3 is 0 Å². The van der Waals surface area contributed by atoms with Crippen LogP contribution in [0.5, 0.6) is 0 Å². The van der Waals surface area contributed by atoms with E-state index in [1.165, 1.54) is 36.6 Å². The van der Waals surface area contributed by atoms with Crippen molar-refractivity contribution in [2.45, 2.75) is 44.8 Å². The molecule has 0 saturated carbocycles. The maximum absolute atomic E-state index is 13.4. The Morgan fingerprint density at radius 3 is 3.00 bits per heavy atom. The largest absolute Gasteiger partial charge is 0.357 e. The Bertz CT molecular complexity index is 649. The lowest BCUT2D eigenvalue weighted by molar-refractivity contribution is 0.191. The lowest BCUT2D eigenvalue weighted by Gasteiger charge is -2.27. The zero-order chi connectivity index (χ0) is 14.4. The molecule has 2 aromatic rings. The van der Waals surface area contributed by atoms with Gasteiger partial charge in [0.15, 0.2) is 0 Å². The number of rotatable bonds is 2. The van der Waals surface area contributed by atoms with Crippen LogP contribution < -0.4 is 5.32 Å². The Morgan fingerprint density at radius 2 is 2.10 bits per heavy atom. The monoisotopic (exact) mass is 287 g/mol. The van der Waals surface area contributed by atoms with Crippen molar-refractivity contribution in [3.8, 4) is 0 Å². The van der Waals surface area contributed by atoms with E-state index in [-0.39, 0.29) is 5.82 Å². The van der Waals surface area contributed by atoms with Crippen LogP contribution in [0.1, 0.15) is 30.5 Å². The van der Waals surface area contributed by atoms with E-state index in [4.69, 9.17) is 0 Å².